The third-order valence-electron chi connectivity index (χ3n) is 7.02. The van der Waals surface area contributed by atoms with E-state index in [0.29, 0.717) is 53.6 Å². The maximum Gasteiger partial charge on any atom is 0.219 e. The topological polar surface area (TPSA) is 91.6 Å². The number of fused-ring (bicyclic) bond motifs is 1. The summed E-state index contributed by atoms with van der Waals surface area (Å²) in [4.78, 5) is 38.0. The van der Waals surface area contributed by atoms with Crippen LogP contribution in [0.5, 0.6) is 0 Å². The molecule has 1 aliphatic rings. The molecule has 1 N–H and O–H groups in total. The van der Waals surface area contributed by atoms with Crippen LogP contribution in [0.25, 0.3) is 22.3 Å². The number of benzene rings is 1. The Morgan fingerprint density at radius 1 is 1.13 bits per heavy atom. The largest absolute Gasteiger partial charge is 0.455 e. The molecule has 0 saturated carbocycles. The number of aromatic nitrogens is 2. The zero-order chi connectivity index (χ0) is 27.0. The standard InChI is InChI=1S/C29H30ClN5O3/c1-17-14-22(28-23(15-17)26(37)18(2)27(38-28)21-6-5-9-31-16-21)19(3)32-24-7-8-25(30)33-29(24)35-12-10-34(11-13-35)20(4)36/h5-9,14-16,19,32H,10-13H2,1-4H3. The highest BCUT2D eigenvalue weighted by molar-refractivity contribution is 6.29. The summed E-state index contributed by atoms with van der Waals surface area (Å²) in [5.41, 5.74) is 4.45. The number of halogens is 1. The SMILES string of the molecule is CC(=O)N1CCN(c2nc(Cl)ccc2NC(C)c2cc(C)cc3c(=O)c(C)c(-c4cccnc4)oc23)CC1. The van der Waals surface area contributed by atoms with Crippen molar-refractivity contribution >= 4 is 40.0 Å². The first-order chi connectivity index (χ1) is 18.2. The Morgan fingerprint density at radius 3 is 2.58 bits per heavy atom. The molecule has 4 aromatic rings. The molecule has 8 nitrogen and oxygen atoms in total. The van der Waals surface area contributed by atoms with Crippen molar-refractivity contribution in [1.82, 2.24) is 14.9 Å². The van der Waals surface area contributed by atoms with Crippen LogP contribution >= 0.6 is 11.6 Å². The smallest absolute Gasteiger partial charge is 0.219 e. The fourth-order valence-corrected chi connectivity index (χ4v) is 5.13. The molecule has 0 radical (unpaired) electrons. The van der Waals surface area contributed by atoms with E-state index in [1.807, 2.05) is 49.1 Å². The third kappa shape index (κ3) is 4.96. The minimum absolute atomic E-state index is 0.0561. The van der Waals surface area contributed by atoms with Crippen LogP contribution in [-0.4, -0.2) is 47.0 Å². The second-order valence-electron chi connectivity index (χ2n) is 9.72. The van der Waals surface area contributed by atoms with Crippen LogP contribution in [0.3, 0.4) is 0 Å². The van der Waals surface area contributed by atoms with Crippen molar-refractivity contribution in [2.75, 3.05) is 36.4 Å². The Bertz CT molecular complexity index is 1560. The Kier molecular flexibility index (Phi) is 7.08. The Morgan fingerprint density at radius 2 is 1.89 bits per heavy atom. The van der Waals surface area contributed by atoms with Gasteiger partial charge in [0.05, 0.1) is 17.1 Å². The van der Waals surface area contributed by atoms with Gasteiger partial charge in [-0.15, -0.1) is 0 Å². The number of carbonyl (C=O) groups excluding carboxylic acids is 1. The highest BCUT2D eigenvalue weighted by Gasteiger charge is 2.24. The lowest BCUT2D eigenvalue weighted by Gasteiger charge is -2.36. The maximum atomic E-state index is 13.4. The first kappa shape index (κ1) is 25.7. The van der Waals surface area contributed by atoms with Crippen LogP contribution in [0.4, 0.5) is 11.5 Å². The summed E-state index contributed by atoms with van der Waals surface area (Å²) in [6.45, 7) is 9.96. The van der Waals surface area contributed by atoms with Crippen molar-refractivity contribution < 1.29 is 9.21 Å². The molecule has 0 bridgehead atoms. The average Bonchev–Trinajstić information content (AvgIpc) is 2.92. The Hall–Kier alpha value is -3.91. The van der Waals surface area contributed by atoms with Crippen molar-refractivity contribution in [2.24, 2.45) is 0 Å². The maximum absolute atomic E-state index is 13.4. The molecular formula is C29H30ClN5O3. The number of aryl methyl sites for hydroxylation is 1. The minimum Gasteiger partial charge on any atom is -0.455 e. The second-order valence-corrected chi connectivity index (χ2v) is 10.1. The lowest BCUT2D eigenvalue weighted by atomic mass is 9.99. The summed E-state index contributed by atoms with van der Waals surface area (Å²) < 4.78 is 6.44. The highest BCUT2D eigenvalue weighted by atomic mass is 35.5. The zero-order valence-corrected chi connectivity index (χ0v) is 22.7. The van der Waals surface area contributed by atoms with E-state index in [9.17, 15) is 9.59 Å². The number of nitrogens with one attached hydrogen (secondary N) is 1. The summed E-state index contributed by atoms with van der Waals surface area (Å²) in [5.74, 6) is 1.33. The van der Waals surface area contributed by atoms with Crippen LogP contribution in [-0.2, 0) is 4.79 Å². The van der Waals surface area contributed by atoms with Crippen LogP contribution < -0.4 is 15.6 Å². The summed E-state index contributed by atoms with van der Waals surface area (Å²) in [5, 5.41) is 4.53. The number of pyridine rings is 2. The predicted molar refractivity (Wildman–Crippen MR) is 151 cm³/mol. The van der Waals surface area contributed by atoms with Crippen molar-refractivity contribution in [2.45, 2.75) is 33.7 Å². The average molecular weight is 532 g/mol. The molecule has 0 aliphatic carbocycles. The van der Waals surface area contributed by atoms with Gasteiger partial charge in [-0.1, -0.05) is 17.7 Å². The van der Waals surface area contributed by atoms with E-state index in [4.69, 9.17) is 16.0 Å². The van der Waals surface area contributed by atoms with Gasteiger partial charge >= 0.3 is 0 Å². The zero-order valence-electron chi connectivity index (χ0n) is 21.9. The molecule has 1 amide bonds. The van der Waals surface area contributed by atoms with Crippen LogP contribution in [0.2, 0.25) is 5.15 Å². The summed E-state index contributed by atoms with van der Waals surface area (Å²) in [6.07, 6.45) is 3.39. The van der Waals surface area contributed by atoms with Crippen LogP contribution in [0.1, 0.15) is 36.6 Å². The summed E-state index contributed by atoms with van der Waals surface area (Å²) >= 11 is 6.29. The molecule has 1 saturated heterocycles. The highest BCUT2D eigenvalue weighted by Crippen LogP contribution is 2.34. The molecule has 1 aliphatic heterocycles. The van der Waals surface area contributed by atoms with Crippen molar-refractivity contribution in [3.8, 4) is 11.3 Å². The molecule has 1 unspecified atom stereocenters. The third-order valence-corrected chi connectivity index (χ3v) is 7.23. The summed E-state index contributed by atoms with van der Waals surface area (Å²) in [6, 6.07) is 11.1. The lowest BCUT2D eigenvalue weighted by molar-refractivity contribution is -0.129. The lowest BCUT2D eigenvalue weighted by Crippen LogP contribution is -2.48. The molecule has 196 valence electrons. The van der Waals surface area contributed by atoms with Gasteiger partial charge in [-0.2, -0.15) is 0 Å². The van der Waals surface area contributed by atoms with Crippen molar-refractivity contribution in [3.63, 3.8) is 0 Å². The molecular weight excluding hydrogens is 502 g/mol. The van der Waals surface area contributed by atoms with E-state index in [1.165, 1.54) is 0 Å². The van der Waals surface area contributed by atoms with Gasteiger partial charge in [0.2, 0.25) is 5.91 Å². The Labute approximate surface area is 226 Å². The van der Waals surface area contributed by atoms with Crippen LogP contribution in [0.15, 0.2) is 58.0 Å². The molecule has 4 heterocycles. The number of piperazine rings is 1. The number of hydrogen-bond acceptors (Lipinski definition) is 7. The van der Waals surface area contributed by atoms with Gasteiger partial charge in [0.25, 0.3) is 0 Å². The number of anilines is 2. The van der Waals surface area contributed by atoms with Gasteiger partial charge in [0.1, 0.15) is 16.5 Å². The van der Waals surface area contributed by atoms with Gasteiger partial charge in [-0.25, -0.2) is 4.98 Å². The fraction of sp³-hybridized carbons (Fsp3) is 0.310. The van der Waals surface area contributed by atoms with Crippen molar-refractivity contribution in [1.29, 1.82) is 0 Å². The number of carbonyl (C=O) groups is 1. The molecule has 1 fully saturated rings. The van der Waals surface area contributed by atoms with Gasteiger partial charge in [-0.05, 0) is 56.7 Å². The molecule has 0 spiro atoms. The molecule has 5 rings (SSSR count). The van der Waals surface area contributed by atoms with Gasteiger partial charge in [0.15, 0.2) is 11.2 Å². The molecule has 1 aromatic carbocycles. The molecule has 38 heavy (non-hydrogen) atoms. The van der Waals surface area contributed by atoms with E-state index >= 15 is 0 Å². The first-order valence-corrected chi connectivity index (χ1v) is 13.0. The predicted octanol–water partition coefficient (Wildman–Crippen LogP) is 5.36. The van der Waals surface area contributed by atoms with E-state index in [2.05, 4.69) is 20.2 Å². The van der Waals surface area contributed by atoms with Crippen LogP contribution in [0, 0.1) is 13.8 Å². The van der Waals surface area contributed by atoms with E-state index < -0.39 is 0 Å². The fourth-order valence-electron chi connectivity index (χ4n) is 4.98. The first-order valence-electron chi connectivity index (χ1n) is 12.6. The normalized spacial score (nSPS) is 14.6. The molecule has 9 heteroatoms. The quantitative estimate of drug-likeness (QED) is 0.346. The molecule has 3 aromatic heterocycles. The van der Waals surface area contributed by atoms with E-state index in [1.54, 1.807) is 32.3 Å². The minimum atomic E-state index is -0.217. The van der Waals surface area contributed by atoms with Gasteiger partial charge < -0.3 is 19.5 Å². The molecule has 1 atom stereocenters. The number of amides is 1. The monoisotopic (exact) mass is 531 g/mol. The van der Waals surface area contributed by atoms with E-state index in [-0.39, 0.29) is 17.4 Å². The Balaban J connectivity index is 1.54. The number of rotatable bonds is 5. The van der Waals surface area contributed by atoms with Gasteiger partial charge in [-0.3, -0.25) is 14.6 Å². The van der Waals surface area contributed by atoms with Gasteiger partial charge in [0, 0.05) is 62.2 Å². The van der Waals surface area contributed by atoms with Crippen molar-refractivity contribution in [3.05, 3.63) is 80.9 Å². The second kappa shape index (κ2) is 10.5. The number of nitrogens with zero attached hydrogens (tertiary/aromatic N) is 4. The summed E-state index contributed by atoms with van der Waals surface area (Å²) in [7, 11) is 0. The van der Waals surface area contributed by atoms with E-state index in [0.717, 1.165) is 28.2 Å². The number of hydrogen-bond donors (Lipinski definition) is 1.